The molecule has 0 aliphatic carbocycles. The van der Waals surface area contributed by atoms with Gasteiger partial charge in [0.05, 0.1) is 18.5 Å². The van der Waals surface area contributed by atoms with E-state index in [1.165, 1.54) is 10.9 Å². The van der Waals surface area contributed by atoms with Crippen LogP contribution in [-0.4, -0.2) is 40.2 Å². The number of nitrogens with zero attached hydrogens (tertiary/aromatic N) is 4. The molecular weight excluding hydrogens is 364 g/mol. The van der Waals surface area contributed by atoms with Crippen LogP contribution < -0.4 is 4.74 Å². The molecule has 0 N–H and O–H groups in total. The second-order valence-electron chi connectivity index (χ2n) is 7.40. The molecule has 1 saturated heterocycles. The quantitative estimate of drug-likeness (QED) is 0.510. The van der Waals surface area contributed by atoms with Crippen molar-refractivity contribution in [2.75, 3.05) is 20.2 Å². The Hall–Kier alpha value is -3.25. The monoisotopic (exact) mass is 386 g/mol. The van der Waals surface area contributed by atoms with E-state index in [1.54, 1.807) is 7.11 Å². The Morgan fingerprint density at radius 3 is 3.00 bits per heavy atom. The molecule has 1 atom stereocenters. The SMILES string of the molecule is COc1cccc(-c2noc(C3CCN(Cc4ccnc5ccccc45)C3)n2)c1. The van der Waals surface area contributed by atoms with E-state index >= 15 is 0 Å². The van der Waals surface area contributed by atoms with Crippen LogP contribution in [0.5, 0.6) is 5.75 Å². The van der Waals surface area contributed by atoms with Gasteiger partial charge < -0.3 is 9.26 Å². The zero-order chi connectivity index (χ0) is 19.6. The van der Waals surface area contributed by atoms with Crippen molar-refractivity contribution in [3.8, 4) is 17.1 Å². The average molecular weight is 386 g/mol. The Labute approximate surface area is 169 Å². The number of pyridine rings is 1. The van der Waals surface area contributed by atoms with Crippen LogP contribution in [0.1, 0.15) is 23.8 Å². The molecule has 1 aliphatic heterocycles. The second-order valence-corrected chi connectivity index (χ2v) is 7.40. The lowest BCUT2D eigenvalue weighted by Crippen LogP contribution is -2.20. The number of hydrogen-bond acceptors (Lipinski definition) is 6. The first kappa shape index (κ1) is 17.8. The summed E-state index contributed by atoms with van der Waals surface area (Å²) in [5.74, 6) is 2.36. The highest BCUT2D eigenvalue weighted by Gasteiger charge is 2.28. The van der Waals surface area contributed by atoms with Crippen LogP contribution >= 0.6 is 0 Å². The zero-order valence-electron chi connectivity index (χ0n) is 16.3. The predicted octanol–water partition coefficient (Wildman–Crippen LogP) is 4.28. The van der Waals surface area contributed by atoms with Crippen molar-refractivity contribution in [2.24, 2.45) is 0 Å². The molecule has 2 aromatic carbocycles. The maximum atomic E-state index is 5.61. The van der Waals surface area contributed by atoms with E-state index in [2.05, 4.69) is 44.3 Å². The smallest absolute Gasteiger partial charge is 0.231 e. The lowest BCUT2D eigenvalue weighted by molar-refractivity contribution is 0.310. The van der Waals surface area contributed by atoms with E-state index in [0.29, 0.717) is 11.7 Å². The van der Waals surface area contributed by atoms with Crippen LogP contribution in [0, 0.1) is 0 Å². The molecule has 0 bridgehead atoms. The van der Waals surface area contributed by atoms with Gasteiger partial charge in [-0.05, 0) is 42.8 Å². The summed E-state index contributed by atoms with van der Waals surface area (Å²) < 4.78 is 10.9. The fraction of sp³-hybridized carbons (Fsp3) is 0.261. The van der Waals surface area contributed by atoms with Gasteiger partial charge in [0.1, 0.15) is 5.75 Å². The topological polar surface area (TPSA) is 64.3 Å². The Morgan fingerprint density at radius 2 is 2.07 bits per heavy atom. The zero-order valence-corrected chi connectivity index (χ0v) is 16.3. The van der Waals surface area contributed by atoms with E-state index in [4.69, 9.17) is 9.26 Å². The van der Waals surface area contributed by atoms with Crippen LogP contribution in [0.4, 0.5) is 0 Å². The van der Waals surface area contributed by atoms with Crippen molar-refractivity contribution in [3.05, 3.63) is 72.2 Å². The summed E-state index contributed by atoms with van der Waals surface area (Å²) >= 11 is 0. The molecule has 0 spiro atoms. The molecule has 0 amide bonds. The van der Waals surface area contributed by atoms with Gasteiger partial charge in [-0.3, -0.25) is 9.88 Å². The van der Waals surface area contributed by atoms with Gasteiger partial charge in [-0.2, -0.15) is 4.98 Å². The fourth-order valence-electron chi connectivity index (χ4n) is 3.99. The van der Waals surface area contributed by atoms with E-state index in [0.717, 1.165) is 42.9 Å². The van der Waals surface area contributed by atoms with E-state index in [1.807, 2.05) is 36.5 Å². The number of hydrogen-bond donors (Lipinski definition) is 0. The van der Waals surface area contributed by atoms with Crippen LogP contribution in [0.3, 0.4) is 0 Å². The molecule has 3 heterocycles. The molecule has 6 nitrogen and oxygen atoms in total. The summed E-state index contributed by atoms with van der Waals surface area (Å²) in [6.07, 6.45) is 2.91. The third kappa shape index (κ3) is 3.59. The highest BCUT2D eigenvalue weighted by Crippen LogP contribution is 2.30. The molecule has 5 rings (SSSR count). The number of aromatic nitrogens is 3. The minimum Gasteiger partial charge on any atom is -0.497 e. The number of likely N-dealkylation sites (tertiary alicyclic amines) is 1. The lowest BCUT2D eigenvalue weighted by atomic mass is 10.1. The minimum absolute atomic E-state index is 0.259. The van der Waals surface area contributed by atoms with Crippen molar-refractivity contribution in [1.82, 2.24) is 20.0 Å². The van der Waals surface area contributed by atoms with Gasteiger partial charge in [-0.1, -0.05) is 35.5 Å². The Morgan fingerprint density at radius 1 is 1.14 bits per heavy atom. The Bertz CT molecular complexity index is 1140. The van der Waals surface area contributed by atoms with Gasteiger partial charge in [0, 0.05) is 30.2 Å². The highest BCUT2D eigenvalue weighted by molar-refractivity contribution is 5.81. The maximum absolute atomic E-state index is 5.61. The maximum Gasteiger partial charge on any atom is 0.231 e. The van der Waals surface area contributed by atoms with Gasteiger partial charge in [0.15, 0.2) is 0 Å². The molecule has 4 aromatic rings. The Balaban J connectivity index is 1.30. The first-order chi connectivity index (χ1) is 14.3. The minimum atomic E-state index is 0.259. The number of para-hydroxylation sites is 1. The van der Waals surface area contributed by atoms with Gasteiger partial charge in [-0.15, -0.1) is 0 Å². The average Bonchev–Trinajstić information content (AvgIpc) is 3.44. The molecule has 1 unspecified atom stereocenters. The number of benzene rings is 2. The summed E-state index contributed by atoms with van der Waals surface area (Å²) in [4.78, 5) is 11.6. The normalized spacial score (nSPS) is 17.1. The van der Waals surface area contributed by atoms with Crippen molar-refractivity contribution < 1.29 is 9.26 Å². The molecule has 2 aromatic heterocycles. The number of rotatable bonds is 5. The molecule has 1 fully saturated rings. The summed E-state index contributed by atoms with van der Waals surface area (Å²) in [5.41, 5.74) is 3.25. The number of fused-ring (bicyclic) bond motifs is 1. The molecule has 29 heavy (non-hydrogen) atoms. The van der Waals surface area contributed by atoms with Crippen molar-refractivity contribution in [3.63, 3.8) is 0 Å². The molecule has 1 aliphatic rings. The number of methoxy groups -OCH3 is 1. The summed E-state index contributed by atoms with van der Waals surface area (Å²) in [7, 11) is 1.65. The van der Waals surface area contributed by atoms with Gasteiger partial charge in [0.2, 0.25) is 11.7 Å². The van der Waals surface area contributed by atoms with Crippen molar-refractivity contribution in [1.29, 1.82) is 0 Å². The highest BCUT2D eigenvalue weighted by atomic mass is 16.5. The molecule has 0 saturated carbocycles. The van der Waals surface area contributed by atoms with Crippen LogP contribution in [0.15, 0.2) is 65.3 Å². The second kappa shape index (κ2) is 7.64. The lowest BCUT2D eigenvalue weighted by Gasteiger charge is -2.16. The summed E-state index contributed by atoms with van der Waals surface area (Å²) in [6.45, 7) is 2.82. The first-order valence-corrected chi connectivity index (χ1v) is 9.83. The van der Waals surface area contributed by atoms with Gasteiger partial charge in [0.25, 0.3) is 0 Å². The number of ether oxygens (including phenoxy) is 1. The van der Waals surface area contributed by atoms with Crippen molar-refractivity contribution in [2.45, 2.75) is 18.9 Å². The molecule has 146 valence electrons. The van der Waals surface area contributed by atoms with E-state index < -0.39 is 0 Å². The third-order valence-corrected chi connectivity index (χ3v) is 5.52. The van der Waals surface area contributed by atoms with E-state index in [-0.39, 0.29) is 5.92 Å². The van der Waals surface area contributed by atoms with Crippen LogP contribution in [-0.2, 0) is 6.54 Å². The molecule has 0 radical (unpaired) electrons. The van der Waals surface area contributed by atoms with Gasteiger partial charge >= 0.3 is 0 Å². The van der Waals surface area contributed by atoms with Crippen molar-refractivity contribution >= 4 is 10.9 Å². The molecule has 6 heteroatoms. The fourth-order valence-corrected chi connectivity index (χ4v) is 3.99. The van der Waals surface area contributed by atoms with Gasteiger partial charge in [-0.25, -0.2) is 0 Å². The van der Waals surface area contributed by atoms with Crippen LogP contribution in [0.2, 0.25) is 0 Å². The Kier molecular flexibility index (Phi) is 4.69. The van der Waals surface area contributed by atoms with Crippen LogP contribution in [0.25, 0.3) is 22.3 Å². The standard InChI is InChI=1S/C23H22N4O2/c1-28-19-6-4-5-16(13-19)22-25-23(29-26-22)18-10-12-27(15-18)14-17-9-11-24-21-8-3-2-7-20(17)21/h2-9,11,13,18H,10,12,14-15H2,1H3. The largest absolute Gasteiger partial charge is 0.497 e. The predicted molar refractivity (Wildman–Crippen MR) is 111 cm³/mol. The van der Waals surface area contributed by atoms with E-state index in [9.17, 15) is 0 Å². The molecular formula is C23H22N4O2. The third-order valence-electron chi connectivity index (χ3n) is 5.52. The summed E-state index contributed by atoms with van der Waals surface area (Å²) in [6, 6.07) is 18.1. The summed E-state index contributed by atoms with van der Waals surface area (Å²) in [5, 5.41) is 5.41. The first-order valence-electron chi connectivity index (χ1n) is 9.83.